The second kappa shape index (κ2) is 10.1. The Kier molecular flexibility index (Phi) is 7.79. The number of carbonyl (C=O) groups is 3. The van der Waals surface area contributed by atoms with Crippen LogP contribution >= 0.6 is 0 Å². The van der Waals surface area contributed by atoms with Crippen LogP contribution in [0.15, 0.2) is 24.3 Å². The molecule has 2 atom stereocenters. The molecule has 0 bridgehead atoms. The van der Waals surface area contributed by atoms with E-state index in [0.717, 1.165) is 30.5 Å². The van der Waals surface area contributed by atoms with E-state index in [2.05, 4.69) is 5.32 Å². The van der Waals surface area contributed by atoms with Gasteiger partial charge in [-0.1, -0.05) is 38.0 Å². The number of amides is 3. The first-order valence-electron chi connectivity index (χ1n) is 9.55. The van der Waals surface area contributed by atoms with E-state index in [0.29, 0.717) is 30.9 Å². The van der Waals surface area contributed by atoms with Crippen LogP contribution in [-0.4, -0.2) is 52.5 Å². The Balaban J connectivity index is 2.09. The van der Waals surface area contributed by atoms with Gasteiger partial charge in [-0.25, -0.2) is 5.06 Å². The molecule has 1 aromatic rings. The molecule has 7 nitrogen and oxygen atoms in total. The molecule has 0 aliphatic carbocycles. The molecule has 1 fully saturated rings. The monoisotopic (exact) mass is 375 g/mol. The second-order valence-electron chi connectivity index (χ2n) is 7.06. The molecule has 1 heterocycles. The number of nitrogens with zero attached hydrogens (tertiary/aromatic N) is 2. The third kappa shape index (κ3) is 5.53. The number of benzene rings is 1. The lowest BCUT2D eigenvalue weighted by atomic mass is 9.99. The Labute approximate surface area is 160 Å². The highest BCUT2D eigenvalue weighted by molar-refractivity contribution is 5.98. The van der Waals surface area contributed by atoms with Gasteiger partial charge in [-0.05, 0) is 37.8 Å². The molecule has 0 aromatic heterocycles. The van der Waals surface area contributed by atoms with Crippen LogP contribution in [0, 0.1) is 12.8 Å². The Morgan fingerprint density at radius 1 is 1.41 bits per heavy atom. The molecule has 2 rings (SSSR count). The smallest absolute Gasteiger partial charge is 0.247 e. The third-order valence-corrected chi connectivity index (χ3v) is 5.03. The van der Waals surface area contributed by atoms with Crippen LogP contribution in [0.3, 0.4) is 0 Å². The molecule has 0 radical (unpaired) electrons. The number of carbonyl (C=O) groups excluding carboxylic acids is 3. The van der Waals surface area contributed by atoms with Crippen LogP contribution in [0.4, 0.5) is 5.69 Å². The second-order valence-corrected chi connectivity index (χ2v) is 7.06. The van der Waals surface area contributed by atoms with E-state index in [1.807, 2.05) is 38.1 Å². The summed E-state index contributed by atoms with van der Waals surface area (Å²) in [7, 11) is 0. The van der Waals surface area contributed by atoms with E-state index >= 15 is 0 Å². The van der Waals surface area contributed by atoms with Crippen molar-refractivity contribution in [2.45, 2.75) is 52.0 Å². The molecule has 1 aromatic carbocycles. The predicted octanol–water partition coefficient (Wildman–Crippen LogP) is 2.58. The zero-order valence-electron chi connectivity index (χ0n) is 16.1. The number of aryl methyl sites for hydroxylation is 1. The fourth-order valence-electron chi connectivity index (χ4n) is 3.48. The van der Waals surface area contributed by atoms with Gasteiger partial charge in [0.1, 0.15) is 6.04 Å². The molecule has 7 heteroatoms. The van der Waals surface area contributed by atoms with E-state index in [4.69, 9.17) is 0 Å². The van der Waals surface area contributed by atoms with Gasteiger partial charge in [0.15, 0.2) is 0 Å². The maximum absolute atomic E-state index is 13.0. The maximum Gasteiger partial charge on any atom is 0.247 e. The van der Waals surface area contributed by atoms with E-state index in [1.165, 1.54) is 0 Å². The van der Waals surface area contributed by atoms with Crippen LogP contribution in [-0.2, 0) is 14.4 Å². The summed E-state index contributed by atoms with van der Waals surface area (Å²) < 4.78 is 0. The Hall–Kier alpha value is -2.41. The molecule has 2 N–H and O–H groups in total. The van der Waals surface area contributed by atoms with Crippen LogP contribution in [0.25, 0.3) is 0 Å². The summed E-state index contributed by atoms with van der Waals surface area (Å²) in [5.41, 5.74) is 1.70. The van der Waals surface area contributed by atoms with Crippen LogP contribution in [0.5, 0.6) is 0 Å². The van der Waals surface area contributed by atoms with Crippen LogP contribution in [0.2, 0.25) is 0 Å². The summed E-state index contributed by atoms with van der Waals surface area (Å²) in [6.07, 6.45) is 3.97. The number of nitrogens with one attached hydrogen (secondary N) is 1. The average molecular weight is 375 g/mol. The molecule has 0 unspecified atom stereocenters. The fraction of sp³-hybridized carbons (Fsp3) is 0.550. The number of hydrogen-bond acceptors (Lipinski definition) is 4. The predicted molar refractivity (Wildman–Crippen MR) is 102 cm³/mol. The van der Waals surface area contributed by atoms with Gasteiger partial charge in [0.2, 0.25) is 18.2 Å². The first-order valence-corrected chi connectivity index (χ1v) is 9.55. The van der Waals surface area contributed by atoms with Crippen LogP contribution < -0.4 is 5.32 Å². The lowest BCUT2D eigenvalue weighted by Gasteiger charge is -2.29. The summed E-state index contributed by atoms with van der Waals surface area (Å²) >= 11 is 0. The minimum absolute atomic E-state index is 0.0506. The van der Waals surface area contributed by atoms with Gasteiger partial charge in [-0.2, -0.15) is 0 Å². The number of anilines is 1. The minimum Gasteiger partial charge on any atom is -0.330 e. The normalized spacial score (nSPS) is 17.4. The van der Waals surface area contributed by atoms with Gasteiger partial charge < -0.3 is 10.2 Å². The van der Waals surface area contributed by atoms with E-state index < -0.39 is 12.0 Å². The van der Waals surface area contributed by atoms with Crippen molar-refractivity contribution in [1.29, 1.82) is 0 Å². The van der Waals surface area contributed by atoms with Gasteiger partial charge in [0.05, 0.1) is 12.5 Å². The number of hydrogen-bond donors (Lipinski definition) is 2. The molecule has 1 saturated heterocycles. The van der Waals surface area contributed by atoms with Gasteiger partial charge in [0.25, 0.3) is 0 Å². The van der Waals surface area contributed by atoms with Crippen molar-refractivity contribution in [1.82, 2.24) is 9.96 Å². The van der Waals surface area contributed by atoms with Gasteiger partial charge in [0, 0.05) is 12.2 Å². The van der Waals surface area contributed by atoms with Crippen molar-refractivity contribution in [3.05, 3.63) is 29.8 Å². The van der Waals surface area contributed by atoms with Crippen molar-refractivity contribution in [3.8, 4) is 0 Å². The molecule has 27 heavy (non-hydrogen) atoms. The molecular formula is C20H29N3O4. The van der Waals surface area contributed by atoms with Crippen molar-refractivity contribution >= 4 is 23.9 Å². The van der Waals surface area contributed by atoms with E-state index in [9.17, 15) is 19.6 Å². The number of rotatable bonds is 9. The fourth-order valence-corrected chi connectivity index (χ4v) is 3.48. The van der Waals surface area contributed by atoms with Crippen molar-refractivity contribution < 1.29 is 19.6 Å². The number of para-hydroxylation sites is 1. The highest BCUT2D eigenvalue weighted by Crippen LogP contribution is 2.24. The molecule has 0 saturated carbocycles. The summed E-state index contributed by atoms with van der Waals surface area (Å²) in [5, 5.41) is 13.0. The van der Waals surface area contributed by atoms with Crippen LogP contribution in [0.1, 0.15) is 44.6 Å². The highest BCUT2D eigenvalue weighted by atomic mass is 16.5. The summed E-state index contributed by atoms with van der Waals surface area (Å²) in [4.78, 5) is 38.2. The first kappa shape index (κ1) is 20.9. The lowest BCUT2D eigenvalue weighted by Crippen LogP contribution is -2.47. The van der Waals surface area contributed by atoms with Crippen molar-refractivity contribution in [2.75, 3.05) is 18.4 Å². The zero-order valence-corrected chi connectivity index (χ0v) is 16.1. The largest absolute Gasteiger partial charge is 0.330 e. The summed E-state index contributed by atoms with van der Waals surface area (Å²) in [6.45, 7) is 4.40. The molecular weight excluding hydrogens is 346 g/mol. The molecule has 148 valence electrons. The topological polar surface area (TPSA) is 90.0 Å². The van der Waals surface area contributed by atoms with Gasteiger partial charge in [-0.15, -0.1) is 0 Å². The SMILES string of the molecule is CCCC[C@H](CN(O)C=O)C(=O)N1CCC[C@H]1C(=O)Nc1ccccc1C. The molecule has 1 aliphatic rings. The quantitative estimate of drug-likeness (QED) is 0.394. The third-order valence-electron chi connectivity index (χ3n) is 5.03. The summed E-state index contributed by atoms with van der Waals surface area (Å²) in [5.74, 6) is -0.876. The average Bonchev–Trinajstić information content (AvgIpc) is 3.16. The highest BCUT2D eigenvalue weighted by Gasteiger charge is 2.37. The standard InChI is InChI=1S/C20H29N3O4/c1-3-4-9-16(13-22(27)14-24)20(26)23-12-7-11-18(23)19(25)21-17-10-6-5-8-15(17)2/h5-6,8,10,14,16,18,27H,3-4,7,9,11-13H2,1-2H3,(H,21,25)/t16-,18+/m1/s1. The number of hydroxylamine groups is 2. The molecule has 0 spiro atoms. The Morgan fingerprint density at radius 3 is 2.81 bits per heavy atom. The van der Waals surface area contributed by atoms with E-state index in [-0.39, 0.29) is 18.4 Å². The Bertz CT molecular complexity index is 664. The maximum atomic E-state index is 13.0. The molecule has 1 aliphatic heterocycles. The number of likely N-dealkylation sites (tertiary alicyclic amines) is 1. The van der Waals surface area contributed by atoms with Crippen molar-refractivity contribution in [3.63, 3.8) is 0 Å². The zero-order chi connectivity index (χ0) is 19.8. The lowest BCUT2D eigenvalue weighted by molar-refractivity contribution is -0.157. The van der Waals surface area contributed by atoms with Gasteiger partial charge >= 0.3 is 0 Å². The summed E-state index contributed by atoms with van der Waals surface area (Å²) in [6, 6.07) is 7.00. The Morgan fingerprint density at radius 2 is 2.15 bits per heavy atom. The van der Waals surface area contributed by atoms with Crippen molar-refractivity contribution in [2.24, 2.45) is 5.92 Å². The van der Waals surface area contributed by atoms with Gasteiger partial charge in [-0.3, -0.25) is 19.6 Å². The molecule has 3 amide bonds. The first-order chi connectivity index (χ1) is 13.0. The number of unbranched alkanes of at least 4 members (excludes halogenated alkanes) is 1. The van der Waals surface area contributed by atoms with E-state index in [1.54, 1.807) is 4.90 Å². The minimum atomic E-state index is -0.524.